The first kappa shape index (κ1) is 15.5. The Kier molecular flexibility index (Phi) is 4.99. The van der Waals surface area contributed by atoms with Gasteiger partial charge < -0.3 is 9.84 Å². The molecule has 1 aromatic carbocycles. The number of ether oxygens (including phenoxy) is 1. The molecule has 4 heteroatoms. The zero-order chi connectivity index (χ0) is 14.7. The lowest BCUT2D eigenvalue weighted by molar-refractivity contribution is -0.0753. The predicted octanol–water partition coefficient (Wildman–Crippen LogP) is 3.00. The molecule has 0 amide bonds. The summed E-state index contributed by atoms with van der Waals surface area (Å²) in [6.07, 6.45) is 5.14. The van der Waals surface area contributed by atoms with Gasteiger partial charge in [0.25, 0.3) is 0 Å². The standard InChI is InChI=1S/C17H24BrNO2/c18-15-5-3-14(4-6-15)13-16(20)17(7-1-2-8-17)19-9-11-21-12-10-19/h3-6,16,20H,1-2,7-13H2. The maximum Gasteiger partial charge on any atom is 0.0764 e. The molecule has 0 radical (unpaired) electrons. The van der Waals surface area contributed by atoms with E-state index < -0.39 is 0 Å². The minimum absolute atomic E-state index is 0.0309. The van der Waals surface area contributed by atoms with Gasteiger partial charge in [-0.25, -0.2) is 0 Å². The summed E-state index contributed by atoms with van der Waals surface area (Å²) >= 11 is 3.47. The first-order valence-corrected chi connectivity index (χ1v) is 8.75. The number of nitrogens with zero attached hydrogens (tertiary/aromatic N) is 1. The quantitative estimate of drug-likeness (QED) is 0.902. The third-order valence-electron chi connectivity index (χ3n) is 5.07. The van der Waals surface area contributed by atoms with Gasteiger partial charge >= 0.3 is 0 Å². The topological polar surface area (TPSA) is 32.7 Å². The fourth-order valence-corrected chi connectivity index (χ4v) is 4.15. The van der Waals surface area contributed by atoms with Crippen LogP contribution >= 0.6 is 15.9 Å². The van der Waals surface area contributed by atoms with Crippen molar-refractivity contribution < 1.29 is 9.84 Å². The highest BCUT2D eigenvalue weighted by Crippen LogP contribution is 2.39. The van der Waals surface area contributed by atoms with Crippen molar-refractivity contribution in [3.63, 3.8) is 0 Å². The Morgan fingerprint density at radius 2 is 1.76 bits per heavy atom. The summed E-state index contributed by atoms with van der Waals surface area (Å²) in [6, 6.07) is 8.32. The van der Waals surface area contributed by atoms with E-state index in [1.54, 1.807) is 0 Å². The Balaban J connectivity index is 1.74. The monoisotopic (exact) mass is 353 g/mol. The second-order valence-corrected chi connectivity index (χ2v) is 7.17. The second-order valence-electron chi connectivity index (χ2n) is 6.26. The number of hydrogen-bond donors (Lipinski definition) is 1. The fraction of sp³-hybridized carbons (Fsp3) is 0.647. The summed E-state index contributed by atoms with van der Waals surface area (Å²) in [7, 11) is 0. The number of hydrogen-bond acceptors (Lipinski definition) is 3. The molecule has 1 aliphatic heterocycles. The van der Waals surface area contributed by atoms with Gasteiger partial charge in [-0.05, 0) is 30.5 Å². The van der Waals surface area contributed by atoms with Gasteiger partial charge in [0.1, 0.15) is 0 Å². The van der Waals surface area contributed by atoms with E-state index in [0.717, 1.165) is 50.0 Å². The molecule has 1 unspecified atom stereocenters. The van der Waals surface area contributed by atoms with E-state index in [9.17, 15) is 5.11 Å². The van der Waals surface area contributed by atoms with Gasteiger partial charge in [-0.1, -0.05) is 40.9 Å². The van der Waals surface area contributed by atoms with Crippen molar-refractivity contribution >= 4 is 15.9 Å². The molecule has 2 aliphatic rings. The lowest BCUT2D eigenvalue weighted by Gasteiger charge is -2.46. The van der Waals surface area contributed by atoms with Gasteiger partial charge in [0.2, 0.25) is 0 Å². The molecular formula is C17H24BrNO2. The Hall–Kier alpha value is -0.420. The molecule has 21 heavy (non-hydrogen) atoms. The summed E-state index contributed by atoms with van der Waals surface area (Å²) in [5.74, 6) is 0. The fourth-order valence-electron chi connectivity index (χ4n) is 3.89. The van der Waals surface area contributed by atoms with Crippen molar-refractivity contribution in [2.45, 2.75) is 43.7 Å². The predicted molar refractivity (Wildman–Crippen MR) is 87.4 cm³/mol. The van der Waals surface area contributed by atoms with E-state index in [-0.39, 0.29) is 11.6 Å². The maximum atomic E-state index is 11.0. The van der Waals surface area contributed by atoms with Crippen LogP contribution in [0.5, 0.6) is 0 Å². The minimum atomic E-state index is -0.292. The van der Waals surface area contributed by atoms with Crippen molar-refractivity contribution in [1.29, 1.82) is 0 Å². The smallest absolute Gasteiger partial charge is 0.0764 e. The van der Waals surface area contributed by atoms with Gasteiger partial charge in [0.05, 0.1) is 19.3 Å². The summed E-state index contributed by atoms with van der Waals surface area (Å²) in [6.45, 7) is 3.51. The van der Waals surface area contributed by atoms with Gasteiger partial charge in [0.15, 0.2) is 0 Å². The van der Waals surface area contributed by atoms with Crippen LogP contribution in [-0.2, 0) is 11.2 Å². The largest absolute Gasteiger partial charge is 0.391 e. The average molecular weight is 354 g/mol. The number of aliphatic hydroxyl groups is 1. The number of benzene rings is 1. The molecule has 2 fully saturated rings. The normalized spacial score (nSPS) is 24.1. The molecule has 1 N–H and O–H groups in total. The molecule has 0 bridgehead atoms. The molecule has 1 atom stereocenters. The zero-order valence-electron chi connectivity index (χ0n) is 12.4. The third kappa shape index (κ3) is 3.34. The molecule has 1 saturated carbocycles. The maximum absolute atomic E-state index is 11.0. The Bertz CT molecular complexity index is 450. The molecule has 3 nitrogen and oxygen atoms in total. The summed E-state index contributed by atoms with van der Waals surface area (Å²) in [5, 5.41) is 11.0. The van der Waals surface area contributed by atoms with E-state index >= 15 is 0 Å². The van der Waals surface area contributed by atoms with Gasteiger partial charge in [0, 0.05) is 29.5 Å². The van der Waals surface area contributed by atoms with Crippen LogP contribution in [0.1, 0.15) is 31.2 Å². The van der Waals surface area contributed by atoms with Crippen LogP contribution in [0, 0.1) is 0 Å². The first-order valence-electron chi connectivity index (χ1n) is 7.96. The number of rotatable bonds is 4. The second kappa shape index (κ2) is 6.78. The van der Waals surface area contributed by atoms with E-state index in [1.165, 1.54) is 18.4 Å². The molecule has 116 valence electrons. The third-order valence-corrected chi connectivity index (χ3v) is 5.60. The van der Waals surface area contributed by atoms with E-state index in [4.69, 9.17) is 4.74 Å². The van der Waals surface area contributed by atoms with Crippen LogP contribution in [-0.4, -0.2) is 48.0 Å². The van der Waals surface area contributed by atoms with Crippen molar-refractivity contribution in [3.8, 4) is 0 Å². The summed E-state index contributed by atoms with van der Waals surface area (Å²) in [5.41, 5.74) is 1.18. The molecule has 1 aliphatic carbocycles. The molecule has 1 saturated heterocycles. The molecule has 0 aromatic heterocycles. The molecule has 1 aromatic rings. The summed E-state index contributed by atoms with van der Waals surface area (Å²) in [4.78, 5) is 2.49. The van der Waals surface area contributed by atoms with Crippen LogP contribution in [0.25, 0.3) is 0 Å². The van der Waals surface area contributed by atoms with Crippen molar-refractivity contribution in [1.82, 2.24) is 4.90 Å². The molecule has 1 heterocycles. The van der Waals surface area contributed by atoms with Crippen LogP contribution in [0.2, 0.25) is 0 Å². The van der Waals surface area contributed by atoms with Crippen molar-refractivity contribution in [3.05, 3.63) is 34.3 Å². The van der Waals surface area contributed by atoms with Gasteiger partial charge in [-0.15, -0.1) is 0 Å². The number of aliphatic hydroxyl groups excluding tert-OH is 1. The Morgan fingerprint density at radius 3 is 2.38 bits per heavy atom. The van der Waals surface area contributed by atoms with Crippen LogP contribution in [0.4, 0.5) is 0 Å². The number of morpholine rings is 1. The van der Waals surface area contributed by atoms with E-state index in [0.29, 0.717) is 0 Å². The van der Waals surface area contributed by atoms with Crippen molar-refractivity contribution in [2.75, 3.05) is 26.3 Å². The minimum Gasteiger partial charge on any atom is -0.391 e. The lowest BCUT2D eigenvalue weighted by Crippen LogP contribution is -2.59. The molecule has 3 rings (SSSR count). The molecule has 0 spiro atoms. The molecular weight excluding hydrogens is 330 g/mol. The van der Waals surface area contributed by atoms with Crippen LogP contribution < -0.4 is 0 Å². The SMILES string of the molecule is OC(Cc1ccc(Br)cc1)C1(N2CCOCC2)CCCC1. The highest BCUT2D eigenvalue weighted by molar-refractivity contribution is 9.10. The number of halogens is 1. The van der Waals surface area contributed by atoms with E-state index in [2.05, 4.69) is 45.1 Å². The zero-order valence-corrected chi connectivity index (χ0v) is 14.0. The average Bonchev–Trinajstić information content (AvgIpc) is 3.01. The Labute approximate surface area is 135 Å². The van der Waals surface area contributed by atoms with Gasteiger partial charge in [-0.2, -0.15) is 0 Å². The Morgan fingerprint density at radius 1 is 1.14 bits per heavy atom. The summed E-state index contributed by atoms with van der Waals surface area (Å²) < 4.78 is 6.57. The highest BCUT2D eigenvalue weighted by Gasteiger charge is 2.45. The van der Waals surface area contributed by atoms with E-state index in [1.807, 2.05) is 0 Å². The van der Waals surface area contributed by atoms with Crippen molar-refractivity contribution in [2.24, 2.45) is 0 Å². The first-order chi connectivity index (χ1) is 10.2. The van der Waals surface area contributed by atoms with Crippen LogP contribution in [0.15, 0.2) is 28.7 Å². The van der Waals surface area contributed by atoms with Gasteiger partial charge in [-0.3, -0.25) is 4.90 Å². The lowest BCUT2D eigenvalue weighted by atomic mass is 9.84. The highest BCUT2D eigenvalue weighted by atomic mass is 79.9. The van der Waals surface area contributed by atoms with Crippen LogP contribution in [0.3, 0.4) is 0 Å².